The average Bonchev–Trinajstić information content (AvgIpc) is 2.26. The van der Waals surface area contributed by atoms with Crippen LogP contribution < -0.4 is 5.73 Å². The van der Waals surface area contributed by atoms with Crippen molar-refractivity contribution in [2.45, 2.75) is 12.2 Å². The van der Waals surface area contributed by atoms with Gasteiger partial charge in [0.15, 0.2) is 6.10 Å². The Hall–Kier alpha value is -1.66. The summed E-state index contributed by atoms with van der Waals surface area (Å²) in [6.45, 7) is 0. The lowest BCUT2D eigenvalue weighted by molar-refractivity contribution is -0.157. The molecule has 1 aromatic rings. The second-order valence-corrected chi connectivity index (χ2v) is 2.90. The zero-order valence-electron chi connectivity index (χ0n) is 8.12. The Kier molecular flexibility index (Phi) is 3.59. The molecule has 0 radical (unpaired) electrons. The number of nitrogens with zero attached hydrogens (tertiary/aromatic N) is 1. The van der Waals surface area contributed by atoms with Crippen LogP contribution in [0, 0.1) is 0 Å². The molecule has 0 saturated heterocycles. The third kappa shape index (κ3) is 2.64. The van der Waals surface area contributed by atoms with E-state index < -0.39 is 18.2 Å². The van der Waals surface area contributed by atoms with Gasteiger partial charge in [-0.2, -0.15) is 0 Å². The predicted molar refractivity (Wildman–Crippen MR) is 51.6 cm³/mol. The van der Waals surface area contributed by atoms with Crippen LogP contribution in [0.1, 0.15) is 11.8 Å². The summed E-state index contributed by atoms with van der Waals surface area (Å²) in [5.41, 5.74) is 5.50. The lowest BCUT2D eigenvalue weighted by Crippen LogP contribution is -2.29. The van der Waals surface area contributed by atoms with Crippen LogP contribution in [-0.2, 0) is 9.53 Å². The van der Waals surface area contributed by atoms with Crippen LogP contribution in [0.15, 0.2) is 18.2 Å². The molecule has 0 bridgehead atoms. The highest BCUT2D eigenvalue weighted by atomic mass is 16.5. The first-order valence-corrected chi connectivity index (χ1v) is 4.22. The molecule has 2 atom stereocenters. The Morgan fingerprint density at radius 3 is 2.73 bits per heavy atom. The van der Waals surface area contributed by atoms with Gasteiger partial charge < -0.3 is 20.7 Å². The van der Waals surface area contributed by atoms with Crippen molar-refractivity contribution >= 4 is 11.8 Å². The summed E-state index contributed by atoms with van der Waals surface area (Å²) in [6.07, 6.45) is -3.11. The van der Waals surface area contributed by atoms with Gasteiger partial charge in [-0.3, -0.25) is 0 Å². The van der Waals surface area contributed by atoms with Gasteiger partial charge >= 0.3 is 5.97 Å². The molecule has 6 nitrogen and oxygen atoms in total. The van der Waals surface area contributed by atoms with E-state index in [0.29, 0.717) is 0 Å². The van der Waals surface area contributed by atoms with Gasteiger partial charge in [-0.1, -0.05) is 6.07 Å². The minimum Gasteiger partial charge on any atom is -0.467 e. The number of aromatic nitrogens is 1. The molecule has 1 rings (SSSR count). The minimum atomic E-state index is -1.66. The van der Waals surface area contributed by atoms with Gasteiger partial charge in [0, 0.05) is 0 Å². The van der Waals surface area contributed by atoms with Gasteiger partial charge in [0.2, 0.25) is 0 Å². The van der Waals surface area contributed by atoms with Crippen molar-refractivity contribution < 1.29 is 19.7 Å². The number of aliphatic hydroxyl groups is 2. The molecule has 0 aliphatic rings. The number of methoxy groups -OCH3 is 1. The molecule has 0 aromatic carbocycles. The van der Waals surface area contributed by atoms with Crippen LogP contribution in [0.25, 0.3) is 0 Å². The third-order valence-corrected chi connectivity index (χ3v) is 1.84. The van der Waals surface area contributed by atoms with E-state index in [2.05, 4.69) is 9.72 Å². The summed E-state index contributed by atoms with van der Waals surface area (Å²) in [7, 11) is 1.12. The van der Waals surface area contributed by atoms with Crippen molar-refractivity contribution in [3.63, 3.8) is 0 Å². The van der Waals surface area contributed by atoms with Crippen molar-refractivity contribution in [3.05, 3.63) is 23.9 Å². The van der Waals surface area contributed by atoms with Crippen molar-refractivity contribution in [3.8, 4) is 0 Å². The van der Waals surface area contributed by atoms with E-state index in [1.54, 1.807) is 6.07 Å². The highest BCUT2D eigenvalue weighted by Crippen LogP contribution is 2.16. The molecule has 1 aromatic heterocycles. The van der Waals surface area contributed by atoms with Crippen LogP contribution in [0.2, 0.25) is 0 Å². The largest absolute Gasteiger partial charge is 0.467 e. The van der Waals surface area contributed by atoms with Crippen molar-refractivity contribution in [2.24, 2.45) is 0 Å². The summed E-state index contributed by atoms with van der Waals surface area (Å²) in [5.74, 6) is -0.727. The van der Waals surface area contributed by atoms with E-state index in [0.717, 1.165) is 7.11 Å². The highest BCUT2D eigenvalue weighted by Gasteiger charge is 2.27. The minimum absolute atomic E-state index is 0.118. The van der Waals surface area contributed by atoms with E-state index in [9.17, 15) is 15.0 Å². The average molecular weight is 212 g/mol. The number of ether oxygens (including phenoxy) is 1. The summed E-state index contributed by atoms with van der Waals surface area (Å²) in [6, 6.07) is 4.54. The number of rotatable bonds is 3. The second kappa shape index (κ2) is 4.72. The van der Waals surface area contributed by atoms with Gasteiger partial charge in [0.25, 0.3) is 0 Å². The third-order valence-electron chi connectivity index (χ3n) is 1.84. The molecular weight excluding hydrogens is 200 g/mol. The normalized spacial score (nSPS) is 14.3. The monoisotopic (exact) mass is 212 g/mol. The molecule has 0 amide bonds. The number of carbonyl (C=O) groups is 1. The summed E-state index contributed by atoms with van der Waals surface area (Å²) < 4.78 is 4.28. The standard InChI is InChI=1S/C9H12N2O4/c1-15-9(14)8(13)7(12)5-3-2-4-6(10)11-5/h2-4,7-8,12-13H,1H3,(H2,10,11). The van der Waals surface area contributed by atoms with Crippen LogP contribution in [0.3, 0.4) is 0 Å². The summed E-state index contributed by atoms with van der Waals surface area (Å²) in [5, 5.41) is 18.9. The topological polar surface area (TPSA) is 106 Å². The molecule has 0 aliphatic heterocycles. The van der Waals surface area contributed by atoms with E-state index in [-0.39, 0.29) is 11.5 Å². The van der Waals surface area contributed by atoms with Crippen LogP contribution >= 0.6 is 0 Å². The number of anilines is 1. The number of hydrogen-bond acceptors (Lipinski definition) is 6. The SMILES string of the molecule is COC(=O)C(O)C(O)c1cccc(N)n1. The molecule has 4 N–H and O–H groups in total. The van der Waals surface area contributed by atoms with Crippen molar-refractivity contribution in [2.75, 3.05) is 12.8 Å². The maximum atomic E-state index is 10.9. The zero-order valence-corrected chi connectivity index (χ0v) is 8.12. The molecule has 82 valence electrons. The smallest absolute Gasteiger partial charge is 0.337 e. The molecule has 6 heteroatoms. The lowest BCUT2D eigenvalue weighted by Gasteiger charge is -2.15. The Morgan fingerprint density at radius 2 is 2.20 bits per heavy atom. The fraction of sp³-hybridized carbons (Fsp3) is 0.333. The summed E-state index contributed by atoms with van der Waals surface area (Å²) in [4.78, 5) is 14.7. The van der Waals surface area contributed by atoms with Gasteiger partial charge in [-0.05, 0) is 12.1 Å². The molecule has 15 heavy (non-hydrogen) atoms. The first kappa shape index (κ1) is 11.4. The first-order valence-electron chi connectivity index (χ1n) is 4.22. The maximum absolute atomic E-state index is 10.9. The highest BCUT2D eigenvalue weighted by molar-refractivity contribution is 5.75. The molecule has 0 fully saturated rings. The van der Waals surface area contributed by atoms with Gasteiger partial charge in [-0.25, -0.2) is 9.78 Å². The van der Waals surface area contributed by atoms with Crippen LogP contribution in [0.5, 0.6) is 0 Å². The fourth-order valence-corrected chi connectivity index (χ4v) is 1.05. The Morgan fingerprint density at radius 1 is 1.53 bits per heavy atom. The van der Waals surface area contributed by atoms with E-state index >= 15 is 0 Å². The molecule has 0 spiro atoms. The van der Waals surface area contributed by atoms with Crippen LogP contribution in [0.4, 0.5) is 5.82 Å². The maximum Gasteiger partial charge on any atom is 0.337 e. The van der Waals surface area contributed by atoms with E-state index in [4.69, 9.17) is 5.73 Å². The first-order chi connectivity index (χ1) is 7.06. The van der Waals surface area contributed by atoms with Crippen LogP contribution in [-0.4, -0.2) is 34.4 Å². The Balaban J connectivity index is 2.84. The molecular formula is C9H12N2O4. The van der Waals surface area contributed by atoms with Gasteiger partial charge in [0.1, 0.15) is 11.9 Å². The van der Waals surface area contributed by atoms with Crippen molar-refractivity contribution in [1.29, 1.82) is 0 Å². The zero-order chi connectivity index (χ0) is 11.4. The number of nitrogens with two attached hydrogens (primary N) is 1. The summed E-state index contributed by atoms with van der Waals surface area (Å²) >= 11 is 0. The lowest BCUT2D eigenvalue weighted by atomic mass is 10.1. The molecule has 1 heterocycles. The number of nitrogen functional groups attached to an aromatic ring is 1. The molecule has 0 aliphatic carbocycles. The quantitative estimate of drug-likeness (QED) is 0.568. The van der Waals surface area contributed by atoms with E-state index in [1.165, 1.54) is 12.1 Å². The second-order valence-electron chi connectivity index (χ2n) is 2.90. The number of pyridine rings is 1. The number of hydrogen-bond donors (Lipinski definition) is 3. The Labute approximate surface area is 86.3 Å². The number of esters is 1. The van der Waals surface area contributed by atoms with Gasteiger partial charge in [-0.15, -0.1) is 0 Å². The van der Waals surface area contributed by atoms with Gasteiger partial charge in [0.05, 0.1) is 12.8 Å². The van der Waals surface area contributed by atoms with Crippen molar-refractivity contribution in [1.82, 2.24) is 4.98 Å². The number of carbonyl (C=O) groups excluding carboxylic acids is 1. The Bertz CT molecular complexity index is 356. The number of aliphatic hydroxyl groups excluding tert-OH is 2. The fourth-order valence-electron chi connectivity index (χ4n) is 1.05. The van der Waals surface area contributed by atoms with E-state index in [1.807, 2.05) is 0 Å². The molecule has 0 saturated carbocycles. The molecule has 2 unspecified atom stereocenters. The predicted octanol–water partition coefficient (Wildman–Crippen LogP) is -0.769.